The lowest BCUT2D eigenvalue weighted by atomic mass is 9.98. The molecule has 0 saturated carbocycles. The van der Waals surface area contributed by atoms with E-state index in [1.54, 1.807) is 19.2 Å². The highest BCUT2D eigenvalue weighted by Gasteiger charge is 2.17. The van der Waals surface area contributed by atoms with Gasteiger partial charge in [0.15, 0.2) is 11.6 Å². The van der Waals surface area contributed by atoms with Crippen molar-refractivity contribution in [1.29, 1.82) is 0 Å². The molecule has 1 N–H and O–H groups in total. The third-order valence-electron chi connectivity index (χ3n) is 3.12. The van der Waals surface area contributed by atoms with Crippen LogP contribution in [0.1, 0.15) is 17.2 Å². The first-order valence-corrected chi connectivity index (χ1v) is 6.45. The molecule has 0 aliphatic carbocycles. The first-order valence-electron chi connectivity index (χ1n) is 6.07. The van der Waals surface area contributed by atoms with Gasteiger partial charge in [0.1, 0.15) is 5.82 Å². The Balaban J connectivity index is 2.28. The summed E-state index contributed by atoms with van der Waals surface area (Å²) in [7, 11) is 1.70. The van der Waals surface area contributed by atoms with Gasteiger partial charge in [-0.2, -0.15) is 0 Å². The third kappa shape index (κ3) is 3.32. The minimum absolute atomic E-state index is 0.158. The fourth-order valence-electron chi connectivity index (χ4n) is 2.03. The first-order chi connectivity index (χ1) is 9.51. The molecule has 0 saturated heterocycles. The van der Waals surface area contributed by atoms with Crippen LogP contribution >= 0.6 is 11.6 Å². The topological polar surface area (TPSA) is 12.0 Å². The molecule has 1 nitrogen and oxygen atoms in total. The van der Waals surface area contributed by atoms with Gasteiger partial charge >= 0.3 is 0 Å². The quantitative estimate of drug-likeness (QED) is 0.832. The molecule has 106 valence electrons. The van der Waals surface area contributed by atoms with E-state index in [-0.39, 0.29) is 16.9 Å². The molecule has 0 fully saturated rings. The molecule has 2 aromatic rings. The molecular formula is C15H13ClF3N. The summed E-state index contributed by atoms with van der Waals surface area (Å²) in [4.78, 5) is 0. The van der Waals surface area contributed by atoms with Crippen LogP contribution in [0, 0.1) is 17.5 Å². The molecule has 5 heteroatoms. The minimum Gasteiger partial charge on any atom is -0.313 e. The number of halogens is 4. The van der Waals surface area contributed by atoms with Crippen molar-refractivity contribution in [1.82, 2.24) is 5.32 Å². The van der Waals surface area contributed by atoms with Crippen molar-refractivity contribution in [2.45, 2.75) is 12.5 Å². The van der Waals surface area contributed by atoms with E-state index in [2.05, 4.69) is 5.32 Å². The van der Waals surface area contributed by atoms with Crippen LogP contribution in [0.4, 0.5) is 13.2 Å². The molecule has 2 rings (SSSR count). The van der Waals surface area contributed by atoms with Crippen LogP contribution in [-0.4, -0.2) is 7.05 Å². The van der Waals surface area contributed by atoms with Crippen molar-refractivity contribution in [2.24, 2.45) is 0 Å². The Morgan fingerprint density at radius 2 is 1.65 bits per heavy atom. The van der Waals surface area contributed by atoms with Crippen LogP contribution in [0.5, 0.6) is 0 Å². The summed E-state index contributed by atoms with van der Waals surface area (Å²) >= 11 is 5.96. The van der Waals surface area contributed by atoms with Crippen molar-refractivity contribution in [3.63, 3.8) is 0 Å². The van der Waals surface area contributed by atoms with E-state index in [9.17, 15) is 13.2 Å². The van der Waals surface area contributed by atoms with E-state index in [1.807, 2.05) is 0 Å². The lowest BCUT2D eigenvalue weighted by Gasteiger charge is -2.18. The molecule has 0 aliphatic rings. The third-order valence-corrected chi connectivity index (χ3v) is 3.44. The van der Waals surface area contributed by atoms with Gasteiger partial charge in [0.05, 0.1) is 0 Å². The highest BCUT2D eigenvalue weighted by molar-refractivity contribution is 6.31. The summed E-state index contributed by atoms with van der Waals surface area (Å²) in [6, 6.07) is 7.76. The van der Waals surface area contributed by atoms with Gasteiger partial charge in [0, 0.05) is 11.1 Å². The summed E-state index contributed by atoms with van der Waals surface area (Å²) in [6.07, 6.45) is 0.488. The van der Waals surface area contributed by atoms with Crippen molar-refractivity contribution in [3.8, 4) is 0 Å². The SMILES string of the molecule is CNC(Cc1ccc(F)cc1)c1cc(F)c(F)cc1Cl. The fraction of sp³-hybridized carbons (Fsp3) is 0.200. The number of likely N-dealkylation sites (N-methyl/N-ethyl adjacent to an activating group) is 1. The number of hydrogen-bond donors (Lipinski definition) is 1. The van der Waals surface area contributed by atoms with E-state index in [0.717, 1.165) is 17.7 Å². The minimum atomic E-state index is -0.976. The van der Waals surface area contributed by atoms with Gasteiger partial charge in [0.2, 0.25) is 0 Å². The van der Waals surface area contributed by atoms with Crippen LogP contribution < -0.4 is 5.32 Å². The molecule has 0 aliphatic heterocycles. The summed E-state index contributed by atoms with van der Waals surface area (Å²) in [6.45, 7) is 0. The molecule has 0 aromatic heterocycles. The molecule has 0 radical (unpaired) electrons. The van der Waals surface area contributed by atoms with Crippen molar-refractivity contribution in [3.05, 3.63) is 70.0 Å². The summed E-state index contributed by atoms with van der Waals surface area (Å²) < 4.78 is 39.3. The smallest absolute Gasteiger partial charge is 0.160 e. The summed E-state index contributed by atoms with van der Waals surface area (Å²) in [5.41, 5.74) is 1.34. The van der Waals surface area contributed by atoms with E-state index in [0.29, 0.717) is 12.0 Å². The van der Waals surface area contributed by atoms with Crippen molar-refractivity contribution < 1.29 is 13.2 Å². The average Bonchev–Trinajstić information content (AvgIpc) is 2.43. The number of benzene rings is 2. The van der Waals surface area contributed by atoms with Crippen LogP contribution in [-0.2, 0) is 6.42 Å². The Labute approximate surface area is 120 Å². The van der Waals surface area contributed by atoms with E-state index in [4.69, 9.17) is 11.6 Å². The second-order valence-electron chi connectivity index (χ2n) is 4.46. The second kappa shape index (κ2) is 6.29. The van der Waals surface area contributed by atoms with Crippen LogP contribution in [0.15, 0.2) is 36.4 Å². The van der Waals surface area contributed by atoms with Gasteiger partial charge in [0.25, 0.3) is 0 Å². The molecule has 1 unspecified atom stereocenters. The van der Waals surface area contributed by atoms with Gasteiger partial charge in [-0.1, -0.05) is 23.7 Å². The van der Waals surface area contributed by atoms with Gasteiger partial charge in [-0.3, -0.25) is 0 Å². The van der Waals surface area contributed by atoms with E-state index >= 15 is 0 Å². The predicted octanol–water partition coefficient (Wildman–Crippen LogP) is 4.26. The standard InChI is InChI=1S/C15H13ClF3N/c1-20-15(6-9-2-4-10(17)5-3-9)11-7-13(18)14(19)8-12(11)16/h2-5,7-8,15,20H,6H2,1H3. The molecule has 0 spiro atoms. The Morgan fingerprint density at radius 3 is 2.25 bits per heavy atom. The monoisotopic (exact) mass is 299 g/mol. The molecule has 20 heavy (non-hydrogen) atoms. The van der Waals surface area contributed by atoms with Gasteiger partial charge in [-0.05, 0) is 48.9 Å². The number of rotatable bonds is 4. The Bertz CT molecular complexity index is 599. The maximum absolute atomic E-state index is 13.3. The van der Waals surface area contributed by atoms with Gasteiger partial charge < -0.3 is 5.32 Å². The summed E-state index contributed by atoms with van der Waals surface area (Å²) in [5.74, 6) is -2.24. The Hall–Kier alpha value is -1.52. The predicted molar refractivity (Wildman–Crippen MR) is 73.3 cm³/mol. The Morgan fingerprint density at radius 1 is 1.05 bits per heavy atom. The first kappa shape index (κ1) is 14.9. The van der Waals surface area contributed by atoms with Gasteiger partial charge in [-0.25, -0.2) is 13.2 Å². The highest BCUT2D eigenvalue weighted by atomic mass is 35.5. The average molecular weight is 300 g/mol. The molecule has 0 amide bonds. The number of hydrogen-bond acceptors (Lipinski definition) is 1. The molecule has 2 aromatic carbocycles. The fourth-order valence-corrected chi connectivity index (χ4v) is 2.31. The largest absolute Gasteiger partial charge is 0.313 e. The zero-order valence-corrected chi connectivity index (χ0v) is 11.5. The molecular weight excluding hydrogens is 287 g/mol. The van der Waals surface area contributed by atoms with Crippen molar-refractivity contribution >= 4 is 11.6 Å². The highest BCUT2D eigenvalue weighted by Crippen LogP contribution is 2.28. The van der Waals surface area contributed by atoms with Crippen LogP contribution in [0.3, 0.4) is 0 Å². The second-order valence-corrected chi connectivity index (χ2v) is 4.87. The van der Waals surface area contributed by atoms with Crippen molar-refractivity contribution in [2.75, 3.05) is 7.05 Å². The molecule has 1 atom stereocenters. The Kier molecular flexibility index (Phi) is 4.68. The van der Waals surface area contributed by atoms with Crippen LogP contribution in [0.2, 0.25) is 5.02 Å². The zero-order valence-electron chi connectivity index (χ0n) is 10.8. The maximum Gasteiger partial charge on any atom is 0.160 e. The molecule has 0 bridgehead atoms. The normalized spacial score (nSPS) is 12.4. The van der Waals surface area contributed by atoms with E-state index < -0.39 is 11.6 Å². The lowest BCUT2D eigenvalue weighted by Crippen LogP contribution is -2.19. The lowest BCUT2D eigenvalue weighted by molar-refractivity contribution is 0.501. The number of nitrogens with one attached hydrogen (secondary N) is 1. The maximum atomic E-state index is 13.3. The summed E-state index contributed by atoms with van der Waals surface area (Å²) in [5, 5.41) is 3.16. The van der Waals surface area contributed by atoms with E-state index in [1.165, 1.54) is 12.1 Å². The van der Waals surface area contributed by atoms with Gasteiger partial charge in [-0.15, -0.1) is 0 Å². The molecule has 0 heterocycles. The zero-order chi connectivity index (χ0) is 14.7. The van der Waals surface area contributed by atoms with Crippen LogP contribution in [0.25, 0.3) is 0 Å².